The lowest BCUT2D eigenvalue weighted by molar-refractivity contribution is 0.102. The van der Waals surface area contributed by atoms with Crippen molar-refractivity contribution in [1.82, 2.24) is 14.6 Å². The van der Waals surface area contributed by atoms with E-state index in [0.29, 0.717) is 36.9 Å². The first-order valence-corrected chi connectivity index (χ1v) is 12.3. The summed E-state index contributed by atoms with van der Waals surface area (Å²) in [7, 11) is -3.55. The van der Waals surface area contributed by atoms with Gasteiger partial charge >= 0.3 is 0 Å². The fraction of sp³-hybridized carbons (Fsp3) is 0.273. The van der Waals surface area contributed by atoms with Crippen LogP contribution in [-0.2, 0) is 10.0 Å². The van der Waals surface area contributed by atoms with Gasteiger partial charge in [0.15, 0.2) is 5.13 Å². The topological polar surface area (TPSA) is 91.4 Å². The Hall–Kier alpha value is -2.59. The number of carbonyl (C=O) groups is 1. The predicted molar refractivity (Wildman–Crippen MR) is 123 cm³/mol. The molecular formula is C22H24N4O3S2. The summed E-state index contributed by atoms with van der Waals surface area (Å²) in [6.45, 7) is 6.22. The number of nitrogens with zero attached hydrogens (tertiary/aromatic N) is 2. The maximum atomic E-state index is 12.7. The van der Waals surface area contributed by atoms with Gasteiger partial charge in [0, 0.05) is 42.7 Å². The molecule has 7 nitrogen and oxygen atoms in total. The normalized spacial score (nSPS) is 15.0. The van der Waals surface area contributed by atoms with Gasteiger partial charge in [0.1, 0.15) is 0 Å². The van der Waals surface area contributed by atoms with Crippen LogP contribution in [0.2, 0.25) is 0 Å². The van der Waals surface area contributed by atoms with E-state index in [1.807, 2.05) is 19.2 Å². The van der Waals surface area contributed by atoms with E-state index in [9.17, 15) is 13.2 Å². The highest BCUT2D eigenvalue weighted by molar-refractivity contribution is 7.89. The summed E-state index contributed by atoms with van der Waals surface area (Å²) < 4.78 is 26.9. The molecule has 4 rings (SSSR count). The van der Waals surface area contributed by atoms with E-state index in [2.05, 4.69) is 33.8 Å². The molecule has 0 radical (unpaired) electrons. The molecule has 1 aromatic heterocycles. The van der Waals surface area contributed by atoms with Gasteiger partial charge in [-0.05, 0) is 49.7 Å². The van der Waals surface area contributed by atoms with Crippen molar-refractivity contribution in [2.24, 2.45) is 0 Å². The van der Waals surface area contributed by atoms with Crippen LogP contribution in [0.15, 0.2) is 52.7 Å². The van der Waals surface area contributed by atoms with Crippen molar-refractivity contribution < 1.29 is 13.2 Å². The molecule has 1 aliphatic rings. The summed E-state index contributed by atoms with van der Waals surface area (Å²) in [6.07, 6.45) is 0. The monoisotopic (exact) mass is 456 g/mol. The van der Waals surface area contributed by atoms with Crippen molar-refractivity contribution in [2.45, 2.75) is 18.7 Å². The first kappa shape index (κ1) is 21.6. The van der Waals surface area contributed by atoms with Gasteiger partial charge in [0.25, 0.3) is 5.91 Å². The summed E-state index contributed by atoms with van der Waals surface area (Å²) in [5.41, 5.74) is 4.51. The summed E-state index contributed by atoms with van der Waals surface area (Å²) in [4.78, 5) is 17.4. The second-order valence-electron chi connectivity index (χ2n) is 7.49. The molecule has 0 bridgehead atoms. The lowest BCUT2D eigenvalue weighted by Gasteiger charge is -2.26. The third-order valence-electron chi connectivity index (χ3n) is 5.22. The van der Waals surface area contributed by atoms with E-state index in [1.54, 1.807) is 0 Å². The van der Waals surface area contributed by atoms with Crippen molar-refractivity contribution in [1.29, 1.82) is 0 Å². The van der Waals surface area contributed by atoms with Crippen LogP contribution in [0.3, 0.4) is 0 Å². The third-order valence-corrected chi connectivity index (χ3v) is 7.89. The Morgan fingerprint density at radius 3 is 2.52 bits per heavy atom. The first-order valence-electron chi connectivity index (χ1n) is 10.00. The van der Waals surface area contributed by atoms with E-state index < -0.39 is 10.0 Å². The zero-order valence-electron chi connectivity index (χ0n) is 17.4. The van der Waals surface area contributed by atoms with E-state index in [1.165, 1.54) is 39.9 Å². The summed E-state index contributed by atoms with van der Waals surface area (Å²) >= 11 is 1.36. The molecule has 9 heteroatoms. The van der Waals surface area contributed by atoms with Crippen molar-refractivity contribution in [3.8, 4) is 11.3 Å². The minimum Gasteiger partial charge on any atom is -0.314 e. The minimum absolute atomic E-state index is 0.192. The number of sulfonamides is 1. The standard InChI is InChI=1S/C22H24N4O3S2/c1-15-3-4-16(2)19(13-15)20-14-30-22(24-20)25-21(27)17-5-7-18(8-6-17)31(28,29)26-11-9-23-10-12-26/h3-8,13-14,23H,9-12H2,1-2H3,(H,24,25,27). The molecular weight excluding hydrogens is 432 g/mol. The van der Waals surface area contributed by atoms with Crippen LogP contribution in [0.5, 0.6) is 0 Å². The molecule has 1 saturated heterocycles. The van der Waals surface area contributed by atoms with Crippen molar-refractivity contribution in [3.63, 3.8) is 0 Å². The molecule has 1 fully saturated rings. The molecule has 0 aliphatic carbocycles. The molecule has 0 spiro atoms. The summed E-state index contributed by atoms with van der Waals surface area (Å²) in [5, 5.41) is 8.36. The van der Waals surface area contributed by atoms with Crippen LogP contribution >= 0.6 is 11.3 Å². The number of piperazine rings is 1. The van der Waals surface area contributed by atoms with Crippen molar-refractivity contribution in [2.75, 3.05) is 31.5 Å². The third kappa shape index (κ3) is 4.69. The Bertz CT molecular complexity index is 1200. The Morgan fingerprint density at radius 1 is 1.10 bits per heavy atom. The number of aromatic nitrogens is 1. The molecule has 0 atom stereocenters. The number of anilines is 1. The smallest absolute Gasteiger partial charge is 0.257 e. The predicted octanol–water partition coefficient (Wildman–Crippen LogP) is 3.27. The van der Waals surface area contributed by atoms with E-state index in [-0.39, 0.29) is 10.8 Å². The number of hydrogen-bond donors (Lipinski definition) is 2. The molecule has 3 aromatic rings. The average molecular weight is 457 g/mol. The Kier molecular flexibility index (Phi) is 6.19. The Labute approximate surface area is 186 Å². The number of benzene rings is 2. The first-order chi connectivity index (χ1) is 14.8. The molecule has 1 aliphatic heterocycles. The lowest BCUT2D eigenvalue weighted by Crippen LogP contribution is -2.46. The number of carbonyl (C=O) groups excluding carboxylic acids is 1. The minimum atomic E-state index is -3.55. The van der Waals surface area contributed by atoms with E-state index >= 15 is 0 Å². The Morgan fingerprint density at radius 2 is 1.81 bits per heavy atom. The molecule has 1 amide bonds. The van der Waals surface area contributed by atoms with Crippen LogP contribution in [-0.4, -0.2) is 49.8 Å². The molecule has 2 aromatic carbocycles. The average Bonchev–Trinajstić information content (AvgIpc) is 3.24. The maximum Gasteiger partial charge on any atom is 0.257 e. The number of amides is 1. The van der Waals surface area contributed by atoms with E-state index in [4.69, 9.17) is 0 Å². The molecule has 0 saturated carbocycles. The largest absolute Gasteiger partial charge is 0.314 e. The van der Waals surface area contributed by atoms with Gasteiger partial charge in [-0.3, -0.25) is 10.1 Å². The van der Waals surface area contributed by atoms with Gasteiger partial charge in [0.2, 0.25) is 10.0 Å². The van der Waals surface area contributed by atoms with Crippen LogP contribution in [0.1, 0.15) is 21.5 Å². The van der Waals surface area contributed by atoms with Gasteiger partial charge in [-0.2, -0.15) is 4.31 Å². The van der Waals surface area contributed by atoms with Gasteiger partial charge in [-0.15, -0.1) is 11.3 Å². The van der Waals surface area contributed by atoms with Gasteiger partial charge in [-0.25, -0.2) is 13.4 Å². The zero-order valence-corrected chi connectivity index (χ0v) is 19.0. The van der Waals surface area contributed by atoms with Crippen molar-refractivity contribution >= 4 is 32.4 Å². The van der Waals surface area contributed by atoms with Crippen LogP contribution < -0.4 is 10.6 Å². The molecule has 162 valence electrons. The zero-order chi connectivity index (χ0) is 22.0. The van der Waals surface area contributed by atoms with Gasteiger partial charge < -0.3 is 5.32 Å². The second-order valence-corrected chi connectivity index (χ2v) is 10.3. The maximum absolute atomic E-state index is 12.7. The van der Waals surface area contributed by atoms with E-state index in [0.717, 1.165) is 22.4 Å². The number of thiazole rings is 1. The SMILES string of the molecule is Cc1ccc(C)c(-c2csc(NC(=O)c3ccc(S(=O)(=O)N4CCNCC4)cc3)n2)c1. The molecule has 2 heterocycles. The highest BCUT2D eigenvalue weighted by Gasteiger charge is 2.25. The summed E-state index contributed by atoms with van der Waals surface area (Å²) in [6, 6.07) is 12.2. The fourth-order valence-corrected chi connectivity index (χ4v) is 5.60. The van der Waals surface area contributed by atoms with Crippen LogP contribution in [0, 0.1) is 13.8 Å². The highest BCUT2D eigenvalue weighted by atomic mass is 32.2. The van der Waals surface area contributed by atoms with Gasteiger partial charge in [0.05, 0.1) is 10.6 Å². The van der Waals surface area contributed by atoms with Gasteiger partial charge in [-0.1, -0.05) is 17.7 Å². The number of hydrogen-bond acceptors (Lipinski definition) is 6. The number of nitrogens with one attached hydrogen (secondary N) is 2. The number of rotatable bonds is 5. The quantitative estimate of drug-likeness (QED) is 0.615. The second kappa shape index (κ2) is 8.88. The lowest BCUT2D eigenvalue weighted by atomic mass is 10.0. The van der Waals surface area contributed by atoms with Crippen LogP contribution in [0.25, 0.3) is 11.3 Å². The van der Waals surface area contributed by atoms with Crippen molar-refractivity contribution in [3.05, 3.63) is 64.5 Å². The molecule has 0 unspecified atom stereocenters. The summed E-state index contributed by atoms with van der Waals surface area (Å²) in [5.74, 6) is -0.326. The van der Waals surface area contributed by atoms with Crippen LogP contribution in [0.4, 0.5) is 5.13 Å². The number of aryl methyl sites for hydroxylation is 2. The Balaban J connectivity index is 1.47. The molecule has 31 heavy (non-hydrogen) atoms. The highest BCUT2D eigenvalue weighted by Crippen LogP contribution is 2.28. The fourth-order valence-electron chi connectivity index (χ4n) is 3.45. The molecule has 2 N–H and O–H groups in total.